The van der Waals surface area contributed by atoms with Crippen LogP contribution < -0.4 is 5.19 Å². The fourth-order valence-corrected chi connectivity index (χ4v) is 17.6. The van der Waals surface area contributed by atoms with Crippen molar-refractivity contribution >= 4 is 42.5 Å². The Kier molecular flexibility index (Phi) is 11.7. The normalized spacial score (nSPS) is 12.7. The van der Waals surface area contributed by atoms with Crippen molar-refractivity contribution in [3.63, 3.8) is 0 Å². The van der Waals surface area contributed by atoms with Gasteiger partial charge in [-0.15, -0.1) is 0 Å². The highest BCUT2D eigenvalue weighted by molar-refractivity contribution is 6.94. The molecule has 0 radical (unpaired) electrons. The third kappa shape index (κ3) is 10.3. The second kappa shape index (κ2) is 14.7. The molecule has 0 aliphatic heterocycles. The Morgan fingerprint density at radius 3 is 1.32 bits per heavy atom. The van der Waals surface area contributed by atoms with Gasteiger partial charge in [0.1, 0.15) is 0 Å². The van der Waals surface area contributed by atoms with Crippen LogP contribution in [0.3, 0.4) is 0 Å². The maximum Gasteiger partial charge on any atom is 0.348 e. The Hall–Kier alpha value is -2.81. The molecule has 5 heteroatoms. The summed E-state index contributed by atoms with van der Waals surface area (Å²) in [5.41, 5.74) is 4.92. The molecule has 0 unspecified atom stereocenters. The van der Waals surface area contributed by atoms with E-state index in [1.54, 1.807) is 0 Å². The standard InChI is InChI=1S/C35H46O2Si3/c1-8-31-21-25-33(26-22-31)17-13-15-29-38(3,4)36-40(7,35-19-11-10-12-20-35)37-39(5,6)30-16-14-18-34-27-23-32(9-2)24-28-34/h8-16,19-28H,1-2,17-18,29-30H2,3-7H3/b15-13-,16-14-. The van der Waals surface area contributed by atoms with Crippen LogP contribution in [0.25, 0.3) is 12.2 Å². The lowest BCUT2D eigenvalue weighted by atomic mass is 10.1. The van der Waals surface area contributed by atoms with Crippen LogP contribution in [0, 0.1) is 0 Å². The minimum Gasteiger partial charge on any atom is -0.433 e. The van der Waals surface area contributed by atoms with Gasteiger partial charge in [-0.05, 0) is 85.1 Å². The zero-order valence-electron chi connectivity index (χ0n) is 25.0. The first-order chi connectivity index (χ1) is 19.0. The van der Waals surface area contributed by atoms with Crippen LogP contribution in [0.15, 0.2) is 116 Å². The summed E-state index contributed by atoms with van der Waals surface area (Å²) in [4.78, 5) is 0. The fourth-order valence-electron chi connectivity index (χ4n) is 4.77. The Labute approximate surface area is 246 Å². The lowest BCUT2D eigenvalue weighted by molar-refractivity contribution is 0.400. The molecule has 0 aliphatic rings. The lowest BCUT2D eigenvalue weighted by Crippen LogP contribution is -2.61. The number of rotatable bonds is 15. The van der Waals surface area contributed by atoms with Crippen LogP contribution in [-0.2, 0) is 21.1 Å². The van der Waals surface area contributed by atoms with Gasteiger partial charge in [0, 0.05) is 0 Å². The summed E-state index contributed by atoms with van der Waals surface area (Å²) in [5.74, 6) is 0. The molecule has 0 amide bonds. The second-order valence-corrected chi connectivity index (χ2v) is 23.6. The molecule has 40 heavy (non-hydrogen) atoms. The van der Waals surface area contributed by atoms with Crippen molar-refractivity contribution in [1.82, 2.24) is 0 Å². The van der Waals surface area contributed by atoms with Crippen LogP contribution in [0.2, 0.25) is 44.8 Å². The van der Waals surface area contributed by atoms with E-state index in [1.807, 2.05) is 12.2 Å². The van der Waals surface area contributed by atoms with Crippen LogP contribution in [0.5, 0.6) is 0 Å². The average molecular weight is 583 g/mol. The number of hydrogen-bond donors (Lipinski definition) is 0. The van der Waals surface area contributed by atoms with Crippen molar-refractivity contribution in [2.24, 2.45) is 0 Å². The molecule has 3 aromatic carbocycles. The third-order valence-electron chi connectivity index (χ3n) is 6.93. The van der Waals surface area contributed by atoms with Crippen molar-refractivity contribution in [3.8, 4) is 0 Å². The first-order valence-electron chi connectivity index (χ1n) is 14.2. The summed E-state index contributed by atoms with van der Waals surface area (Å²) in [6.45, 7) is 19.2. The van der Waals surface area contributed by atoms with E-state index < -0.39 is 25.2 Å². The summed E-state index contributed by atoms with van der Waals surface area (Å²) >= 11 is 0. The lowest BCUT2D eigenvalue weighted by Gasteiger charge is -2.40. The fraction of sp³-hybridized carbons (Fsp3) is 0.257. The molecule has 0 atom stereocenters. The van der Waals surface area contributed by atoms with Crippen molar-refractivity contribution in [3.05, 3.63) is 139 Å². The van der Waals surface area contributed by atoms with Gasteiger partial charge in [0.25, 0.3) is 0 Å². The maximum atomic E-state index is 7.12. The molecule has 3 rings (SSSR count). The van der Waals surface area contributed by atoms with E-state index in [9.17, 15) is 0 Å². The molecule has 2 nitrogen and oxygen atoms in total. The highest BCUT2D eigenvalue weighted by Gasteiger charge is 2.44. The predicted octanol–water partition coefficient (Wildman–Crippen LogP) is 9.29. The highest BCUT2D eigenvalue weighted by Crippen LogP contribution is 2.26. The van der Waals surface area contributed by atoms with E-state index >= 15 is 0 Å². The van der Waals surface area contributed by atoms with Gasteiger partial charge >= 0.3 is 8.56 Å². The molecule has 0 heterocycles. The molecular formula is C35H46O2Si3. The Morgan fingerprint density at radius 2 is 0.950 bits per heavy atom. The van der Waals surface area contributed by atoms with Gasteiger partial charge < -0.3 is 8.23 Å². The summed E-state index contributed by atoms with van der Waals surface area (Å²) in [6.07, 6.45) is 14.8. The van der Waals surface area contributed by atoms with Gasteiger partial charge in [0.15, 0.2) is 16.6 Å². The van der Waals surface area contributed by atoms with Gasteiger partial charge in [-0.25, -0.2) is 0 Å². The molecule has 0 aliphatic carbocycles. The van der Waals surface area contributed by atoms with Crippen molar-refractivity contribution in [2.75, 3.05) is 0 Å². The third-order valence-corrected chi connectivity index (χ3v) is 18.3. The molecule has 0 saturated carbocycles. The number of hydrogen-bond acceptors (Lipinski definition) is 2. The molecule has 210 valence electrons. The van der Waals surface area contributed by atoms with Crippen LogP contribution >= 0.6 is 0 Å². The predicted molar refractivity (Wildman–Crippen MR) is 183 cm³/mol. The van der Waals surface area contributed by atoms with Crippen molar-refractivity contribution in [2.45, 2.75) is 57.7 Å². The van der Waals surface area contributed by atoms with Crippen LogP contribution in [0.1, 0.15) is 22.3 Å². The summed E-state index contributed by atoms with van der Waals surface area (Å²) in [6, 6.07) is 29.7. The van der Waals surface area contributed by atoms with E-state index in [2.05, 4.69) is 149 Å². The molecule has 0 aromatic heterocycles. The zero-order chi connectivity index (χ0) is 29.1. The number of allylic oxidation sites excluding steroid dienone is 4. The van der Waals surface area contributed by atoms with Gasteiger partial charge in [0.2, 0.25) is 0 Å². The van der Waals surface area contributed by atoms with E-state index in [1.165, 1.54) is 16.3 Å². The molecule has 0 saturated heterocycles. The maximum absolute atomic E-state index is 7.12. The van der Waals surface area contributed by atoms with Gasteiger partial charge in [-0.1, -0.05) is 128 Å². The summed E-state index contributed by atoms with van der Waals surface area (Å²) in [5, 5.41) is 1.22. The Balaban J connectivity index is 1.64. The Bertz CT molecular complexity index is 1190. The second-order valence-electron chi connectivity index (χ2n) is 11.7. The zero-order valence-corrected chi connectivity index (χ0v) is 28.0. The Morgan fingerprint density at radius 1 is 0.550 bits per heavy atom. The van der Waals surface area contributed by atoms with E-state index in [-0.39, 0.29) is 0 Å². The molecular weight excluding hydrogens is 537 g/mol. The summed E-state index contributed by atoms with van der Waals surface area (Å²) < 4.78 is 14.2. The largest absolute Gasteiger partial charge is 0.433 e. The SMILES string of the molecule is C=Cc1ccc(C/C=C\C[Si](C)(C)O[Si](C)(O[Si](C)(C)C/C=C\Cc2ccc(C=C)cc2)c2ccccc2)cc1. The smallest absolute Gasteiger partial charge is 0.348 e. The topological polar surface area (TPSA) is 18.5 Å². The minimum atomic E-state index is -2.63. The van der Waals surface area contributed by atoms with Crippen molar-refractivity contribution in [1.29, 1.82) is 0 Å². The first kappa shape index (κ1) is 31.7. The van der Waals surface area contributed by atoms with Crippen LogP contribution in [0.4, 0.5) is 0 Å². The molecule has 0 spiro atoms. The quantitative estimate of drug-likeness (QED) is 0.131. The van der Waals surface area contributed by atoms with Crippen LogP contribution in [-0.4, -0.2) is 25.2 Å². The van der Waals surface area contributed by atoms with Gasteiger partial charge in [0.05, 0.1) is 0 Å². The van der Waals surface area contributed by atoms with E-state index in [0.29, 0.717) is 0 Å². The molecule has 0 bridgehead atoms. The number of benzene rings is 3. The monoisotopic (exact) mass is 582 g/mol. The molecule has 0 fully saturated rings. The highest BCUT2D eigenvalue weighted by atomic mass is 28.5. The molecule has 3 aromatic rings. The van der Waals surface area contributed by atoms with Crippen molar-refractivity contribution < 1.29 is 8.23 Å². The minimum absolute atomic E-state index is 0.927. The summed E-state index contributed by atoms with van der Waals surface area (Å²) in [7, 11) is -6.69. The van der Waals surface area contributed by atoms with Gasteiger partial charge in [-0.3, -0.25) is 0 Å². The first-order valence-corrected chi connectivity index (χ1v) is 22.8. The van der Waals surface area contributed by atoms with E-state index in [0.717, 1.165) is 36.1 Å². The van der Waals surface area contributed by atoms with E-state index in [4.69, 9.17) is 8.23 Å². The molecule has 0 N–H and O–H groups in total. The average Bonchev–Trinajstić information content (AvgIpc) is 2.94. The van der Waals surface area contributed by atoms with Gasteiger partial charge in [-0.2, -0.15) is 0 Å².